The maximum absolute atomic E-state index is 16.3. The third-order valence-electron chi connectivity index (χ3n) is 28.6. The van der Waals surface area contributed by atoms with Crippen LogP contribution in [0.3, 0.4) is 0 Å². The van der Waals surface area contributed by atoms with E-state index in [1.54, 1.807) is 0 Å². The van der Waals surface area contributed by atoms with Gasteiger partial charge in [0.1, 0.15) is 46.0 Å². The molecule has 2 aliphatic carbocycles. The van der Waals surface area contributed by atoms with Gasteiger partial charge in [0, 0.05) is 70.5 Å². The lowest BCUT2D eigenvalue weighted by atomic mass is 9.79. The Hall–Kier alpha value is -13.6. The highest BCUT2D eigenvalue weighted by Gasteiger charge is 2.44. The van der Waals surface area contributed by atoms with Crippen LogP contribution in [-0.4, -0.2) is 23.6 Å². The third kappa shape index (κ3) is 14.6. The summed E-state index contributed by atoms with van der Waals surface area (Å²) in [5.41, 5.74) is 15.6. The van der Waals surface area contributed by atoms with Crippen molar-refractivity contribution in [1.82, 2.24) is 0 Å². The number of anilines is 2. The smallest absolute Gasteiger partial charge is 0.266 e. The molecule has 0 N–H and O–H groups in total. The minimum absolute atomic E-state index is 0.0271. The Bertz CT molecular complexity index is 7770. The summed E-state index contributed by atoms with van der Waals surface area (Å²) < 4.78 is 29.4. The molecule has 4 amide bonds. The summed E-state index contributed by atoms with van der Waals surface area (Å²) in [6.07, 6.45) is 13.3. The fourth-order valence-corrected chi connectivity index (χ4v) is 22.0. The molecule has 2 aliphatic heterocycles. The van der Waals surface area contributed by atoms with Crippen LogP contribution in [0.1, 0.15) is 265 Å². The first kappa shape index (κ1) is 88.9. The third-order valence-corrected chi connectivity index (χ3v) is 29.3. The summed E-state index contributed by atoms with van der Waals surface area (Å²) in [4.78, 5) is 67.8. The fourth-order valence-electron chi connectivity index (χ4n) is 21.4. The minimum Gasteiger partial charge on any atom is -0.457 e. The highest BCUT2D eigenvalue weighted by molar-refractivity contribution is 6.47. The average molecular weight is 1830 g/mol. The molecule has 2 heterocycles. The van der Waals surface area contributed by atoms with Gasteiger partial charge < -0.3 is 18.9 Å². The highest BCUT2D eigenvalue weighted by Crippen LogP contribution is 2.59. The Labute approximate surface area is 805 Å². The number of para-hydroxylation sites is 2. The predicted molar refractivity (Wildman–Crippen MR) is 565 cm³/mol. The molecule has 0 bridgehead atoms. The summed E-state index contributed by atoms with van der Waals surface area (Å²) in [5.74, 6) is 1.98. The van der Waals surface area contributed by atoms with Crippen LogP contribution < -0.4 is 28.7 Å². The number of nitrogens with zero attached hydrogens (tertiary/aromatic N) is 2. The Morgan fingerprint density at radius 1 is 0.279 bits per heavy atom. The summed E-state index contributed by atoms with van der Waals surface area (Å²) in [5, 5.41) is 13.6. The van der Waals surface area contributed by atoms with Gasteiger partial charge in [-0.05, 0) is 246 Å². The molecule has 21 rings (SSSR count). The summed E-state index contributed by atoms with van der Waals surface area (Å²) in [6, 6.07) is 78.1. The van der Waals surface area contributed by atoms with Gasteiger partial charge >= 0.3 is 0 Å². The van der Waals surface area contributed by atoms with Crippen molar-refractivity contribution in [2.45, 2.75) is 184 Å². The van der Waals surface area contributed by atoms with Crippen molar-refractivity contribution in [1.29, 1.82) is 0 Å². The van der Waals surface area contributed by atoms with Gasteiger partial charge in [-0.25, -0.2) is 9.80 Å². The van der Waals surface area contributed by atoms with Crippen LogP contribution in [0.5, 0.6) is 46.0 Å². The van der Waals surface area contributed by atoms with Gasteiger partial charge in [-0.15, -0.1) is 0 Å². The molecule has 678 valence electrons. The van der Waals surface area contributed by atoms with Crippen LogP contribution in [0.4, 0.5) is 11.4 Å². The van der Waals surface area contributed by atoms with Gasteiger partial charge in [0.15, 0.2) is 0 Å². The molecule has 2 atom stereocenters. The SMILES string of the molecule is CC(C)c1cccc(C(C)C)c1N1C(=O)c2cc(Oc3ccc(C(C)(C)C)cc3)c3c4cccc5c(C6=C[C@@H]7C=Cc8cc(-c9ccc%10c%11c(Oc%12ccc(C(C)(C)C)cc%12)cc%12c%13c(cc(Oc%14ccc(C(C)(C)C)cc%14)c(c%14cccc9c%14%10)c%13%11)C(=O)N(c9c(C(C)C)cccc9C(C)C)C%12=O)c(Cl)cc8/C=C\C7C=C6Cl)ccc(c6c(Oc7ccc(C(C)(C)C)cc7)cc(c2c36)C1=O)c54. The molecule has 17 aromatic rings. The standard InChI is InChI=1S/C124H110Cl2N2O8/c1-65(2)81-25-21-26-82(66(3)4)115(81)127-117(129)95-61-101(133-77-45-37-73(38-46-77)121(9,10)11)109-89-31-23-29-87-85(53-55-91(105(87)89)111-103(63-97(119(127)131)107(95)113(109)111)135-79-49-41-75(42-50-79)123(15,16)17)93-57-69-33-34-70-58-94(100(126)60-72(70)36-35-71(69)59-99(93)125)86-54-56-92-106-88(86)30-24-32-90(106)110-102(134-78-47-39-74(40-48-78)122(12,13)14)62-96-108-98(64-104(112(92)114(108)110)136-80-51-43-76(44-52-80)124(18,19)20)120(132)128(118(96)130)116-83(67(5)6)27-22-28-84(116)68(7)8/h21-69,71H,1-20H3/b34-33?,36-35-/t69-,71?/m0/s1. The molecule has 10 nitrogen and oxygen atoms in total. The van der Waals surface area contributed by atoms with Gasteiger partial charge in [0.05, 0.1) is 33.6 Å². The van der Waals surface area contributed by atoms with Crippen molar-refractivity contribution >= 4 is 162 Å². The Balaban J connectivity index is 0.729. The number of rotatable bonds is 16. The molecule has 0 saturated carbocycles. The summed E-state index contributed by atoms with van der Waals surface area (Å²) in [7, 11) is 0. The molecule has 136 heavy (non-hydrogen) atoms. The van der Waals surface area contributed by atoms with Gasteiger partial charge in [-0.2, -0.15) is 0 Å². The zero-order valence-electron chi connectivity index (χ0n) is 80.8. The Morgan fingerprint density at radius 3 is 0.890 bits per heavy atom. The van der Waals surface area contributed by atoms with Crippen LogP contribution in [0.25, 0.3) is 115 Å². The van der Waals surface area contributed by atoms with E-state index in [1.807, 2.05) is 109 Å². The molecule has 0 saturated heterocycles. The molecular formula is C124H110Cl2N2O8. The maximum atomic E-state index is 16.3. The van der Waals surface area contributed by atoms with Gasteiger partial charge in [-0.3, -0.25) is 19.2 Å². The second-order valence-corrected chi connectivity index (χ2v) is 43.8. The first-order valence-corrected chi connectivity index (χ1v) is 48.5. The van der Waals surface area contributed by atoms with E-state index in [2.05, 4.69) is 296 Å². The number of hydrogen-bond donors (Lipinski definition) is 0. The lowest BCUT2D eigenvalue weighted by Crippen LogP contribution is -2.42. The quantitative estimate of drug-likeness (QED) is 0.0534. The zero-order chi connectivity index (χ0) is 95.4. The van der Waals surface area contributed by atoms with Crippen LogP contribution in [0, 0.1) is 11.8 Å². The van der Waals surface area contributed by atoms with E-state index < -0.39 is 23.6 Å². The topological polar surface area (TPSA) is 112 Å². The summed E-state index contributed by atoms with van der Waals surface area (Å²) in [6.45, 7) is 43.1. The van der Waals surface area contributed by atoms with E-state index in [9.17, 15) is 0 Å². The predicted octanol–water partition coefficient (Wildman–Crippen LogP) is 35.1. The second kappa shape index (κ2) is 32.6. The number of carbonyl (C=O) groups excluding carboxylic acids is 4. The molecule has 0 radical (unpaired) electrons. The molecular weight excluding hydrogens is 1720 g/mol. The van der Waals surface area contributed by atoms with Crippen molar-refractivity contribution in [2.75, 3.05) is 9.80 Å². The molecule has 17 aromatic carbocycles. The number of amides is 4. The van der Waals surface area contributed by atoms with Crippen LogP contribution >= 0.6 is 23.2 Å². The van der Waals surface area contributed by atoms with Crippen molar-refractivity contribution < 1.29 is 38.1 Å². The first-order valence-electron chi connectivity index (χ1n) is 47.7. The molecule has 0 spiro atoms. The molecule has 1 unspecified atom stereocenters. The van der Waals surface area contributed by atoms with Gasteiger partial charge in [0.25, 0.3) is 23.6 Å². The largest absolute Gasteiger partial charge is 0.457 e. The van der Waals surface area contributed by atoms with Crippen LogP contribution in [0.2, 0.25) is 5.02 Å². The van der Waals surface area contributed by atoms with E-state index in [0.717, 1.165) is 143 Å². The van der Waals surface area contributed by atoms with Crippen molar-refractivity contribution in [3.05, 3.63) is 348 Å². The van der Waals surface area contributed by atoms with E-state index >= 15 is 19.2 Å². The normalized spacial score (nSPS) is 15.7. The fraction of sp³-hybridized carbons (Fsp3) is 0.242. The summed E-state index contributed by atoms with van der Waals surface area (Å²) >= 11 is 15.7. The lowest BCUT2D eigenvalue weighted by molar-refractivity contribution is 0.0877. The van der Waals surface area contributed by atoms with E-state index in [0.29, 0.717) is 111 Å². The zero-order valence-corrected chi connectivity index (χ0v) is 82.3. The number of ether oxygens (including phenoxy) is 4. The number of fused-ring (bicyclic) bond motifs is 6. The monoisotopic (exact) mass is 1820 g/mol. The number of allylic oxidation sites excluding steroid dienone is 6. The van der Waals surface area contributed by atoms with Gasteiger partial charge in [-0.1, -0.05) is 344 Å². The van der Waals surface area contributed by atoms with Gasteiger partial charge in [0.2, 0.25) is 0 Å². The number of benzene rings is 17. The highest BCUT2D eigenvalue weighted by atomic mass is 35.5. The van der Waals surface area contributed by atoms with E-state index in [1.165, 1.54) is 9.80 Å². The van der Waals surface area contributed by atoms with Crippen molar-refractivity contribution in [2.24, 2.45) is 11.8 Å². The Kier molecular flexibility index (Phi) is 21.3. The Morgan fingerprint density at radius 2 is 0.566 bits per heavy atom. The second-order valence-electron chi connectivity index (χ2n) is 43.0. The van der Waals surface area contributed by atoms with Crippen molar-refractivity contribution in [3.63, 3.8) is 0 Å². The average Bonchev–Trinajstić information content (AvgIpc) is 0.684. The molecule has 0 aromatic heterocycles. The number of imide groups is 2. The number of carbonyl (C=O) groups is 4. The lowest BCUT2D eigenvalue weighted by Gasteiger charge is -2.33. The molecule has 4 aliphatic rings. The van der Waals surface area contributed by atoms with E-state index in [-0.39, 0.29) is 57.2 Å². The number of halogens is 2. The minimum atomic E-state index is -0.434. The van der Waals surface area contributed by atoms with Crippen molar-refractivity contribution in [3.8, 4) is 57.1 Å². The maximum Gasteiger partial charge on any atom is 0.266 e. The molecule has 12 heteroatoms. The number of hydrogen-bond acceptors (Lipinski definition) is 8. The van der Waals surface area contributed by atoms with E-state index in [4.69, 9.17) is 42.1 Å². The van der Waals surface area contributed by atoms with Crippen LogP contribution in [0.15, 0.2) is 260 Å². The molecule has 0 fully saturated rings. The first-order chi connectivity index (χ1) is 64.8. The van der Waals surface area contributed by atoms with Crippen LogP contribution in [-0.2, 0) is 21.7 Å².